The zero-order valence-corrected chi connectivity index (χ0v) is 12.5. The van der Waals surface area contributed by atoms with E-state index >= 15 is 0 Å². The second-order valence-corrected chi connectivity index (χ2v) is 5.00. The first-order chi connectivity index (χ1) is 9.85. The summed E-state index contributed by atoms with van der Waals surface area (Å²) in [7, 11) is 0. The molecule has 2 N–H and O–H groups in total. The van der Waals surface area contributed by atoms with E-state index in [-0.39, 0.29) is 12.4 Å². The number of aryl methyl sites for hydroxylation is 1. The lowest BCUT2D eigenvalue weighted by Crippen LogP contribution is -2.44. The lowest BCUT2D eigenvalue weighted by molar-refractivity contribution is -0.137. The van der Waals surface area contributed by atoms with Crippen LogP contribution in [0.25, 0.3) is 0 Å². The van der Waals surface area contributed by atoms with E-state index in [0.717, 1.165) is 0 Å². The third-order valence-electron chi connectivity index (χ3n) is 3.14. The molecule has 21 heavy (non-hydrogen) atoms. The van der Waals surface area contributed by atoms with Gasteiger partial charge in [0.2, 0.25) is 0 Å². The van der Waals surface area contributed by atoms with E-state index in [9.17, 15) is 14.0 Å². The molecule has 1 aromatic rings. The number of urea groups is 1. The number of carboxylic acid groups (broad SMARTS) is 1. The van der Waals surface area contributed by atoms with E-state index in [4.69, 9.17) is 5.11 Å². The predicted octanol–water partition coefficient (Wildman–Crippen LogP) is 2.70. The normalized spacial score (nSPS) is 11.8. The van der Waals surface area contributed by atoms with Gasteiger partial charge >= 0.3 is 12.0 Å². The third kappa shape index (κ3) is 5.06. The number of amides is 2. The first kappa shape index (κ1) is 16.9. The number of carbonyl (C=O) groups is 2. The van der Waals surface area contributed by atoms with Crippen molar-refractivity contribution in [2.24, 2.45) is 0 Å². The number of benzene rings is 1. The summed E-state index contributed by atoms with van der Waals surface area (Å²) < 4.78 is 13.5. The van der Waals surface area contributed by atoms with Gasteiger partial charge in [-0.2, -0.15) is 0 Å². The van der Waals surface area contributed by atoms with Gasteiger partial charge in [0, 0.05) is 6.54 Å². The molecule has 2 amide bonds. The molecule has 1 aromatic carbocycles. The van der Waals surface area contributed by atoms with Gasteiger partial charge in [-0.25, -0.2) is 9.18 Å². The highest BCUT2D eigenvalue weighted by Gasteiger charge is 2.18. The molecule has 1 rings (SSSR count). The lowest BCUT2D eigenvalue weighted by Gasteiger charge is -2.23. The molecule has 0 bridgehead atoms. The van der Waals surface area contributed by atoms with Gasteiger partial charge in [0.15, 0.2) is 0 Å². The molecule has 0 saturated heterocycles. The summed E-state index contributed by atoms with van der Waals surface area (Å²) in [6.45, 7) is 5.26. The fraction of sp³-hybridized carbons (Fsp3) is 0.467. The fourth-order valence-corrected chi connectivity index (χ4v) is 1.92. The van der Waals surface area contributed by atoms with Gasteiger partial charge in [0.05, 0.1) is 6.04 Å². The van der Waals surface area contributed by atoms with Gasteiger partial charge in [0.25, 0.3) is 0 Å². The number of nitrogens with one attached hydrogen (secondary N) is 1. The van der Waals surface area contributed by atoms with Crippen molar-refractivity contribution in [3.8, 4) is 0 Å². The van der Waals surface area contributed by atoms with Crippen molar-refractivity contribution in [2.45, 2.75) is 33.2 Å². The van der Waals surface area contributed by atoms with Crippen molar-refractivity contribution >= 4 is 12.0 Å². The van der Waals surface area contributed by atoms with E-state index < -0.39 is 18.0 Å². The number of rotatable bonds is 6. The molecule has 5 nitrogen and oxygen atoms in total. The van der Waals surface area contributed by atoms with Crippen LogP contribution in [0.4, 0.5) is 9.18 Å². The summed E-state index contributed by atoms with van der Waals surface area (Å²) in [5.74, 6) is -1.39. The molecule has 0 aliphatic heterocycles. The molecule has 0 aliphatic carbocycles. The highest BCUT2D eigenvalue weighted by molar-refractivity contribution is 5.80. The topological polar surface area (TPSA) is 69.6 Å². The highest BCUT2D eigenvalue weighted by Crippen LogP contribution is 2.16. The van der Waals surface area contributed by atoms with Gasteiger partial charge < -0.3 is 15.3 Å². The summed E-state index contributed by atoms with van der Waals surface area (Å²) in [4.78, 5) is 24.0. The van der Waals surface area contributed by atoms with Crippen LogP contribution in [0.5, 0.6) is 0 Å². The number of hydrogen-bond acceptors (Lipinski definition) is 2. The van der Waals surface area contributed by atoms with Crippen molar-refractivity contribution < 1.29 is 19.1 Å². The number of carboxylic acids is 1. The van der Waals surface area contributed by atoms with Crippen LogP contribution in [-0.4, -0.2) is 35.1 Å². The Bertz CT molecular complexity index is 520. The van der Waals surface area contributed by atoms with Crippen LogP contribution >= 0.6 is 0 Å². The quantitative estimate of drug-likeness (QED) is 0.848. The van der Waals surface area contributed by atoms with E-state index in [1.54, 1.807) is 26.0 Å². The number of hydrogen-bond donors (Lipinski definition) is 2. The second kappa shape index (κ2) is 7.61. The molecule has 6 heteroatoms. The van der Waals surface area contributed by atoms with Crippen LogP contribution < -0.4 is 5.32 Å². The van der Waals surface area contributed by atoms with Crippen LogP contribution in [0.15, 0.2) is 18.2 Å². The second-order valence-electron chi connectivity index (χ2n) is 5.00. The van der Waals surface area contributed by atoms with Crippen molar-refractivity contribution in [3.63, 3.8) is 0 Å². The van der Waals surface area contributed by atoms with E-state index in [2.05, 4.69) is 5.32 Å². The number of aliphatic carboxylic acids is 1. The Labute approximate surface area is 123 Å². The SMILES string of the molecule is CCCN(CC(=O)O)C(=O)NC(C)c1ccc(C)c(F)c1. The number of nitrogens with zero attached hydrogens (tertiary/aromatic N) is 1. The molecular formula is C15H21FN2O3. The van der Waals surface area contributed by atoms with Crippen molar-refractivity contribution in [1.29, 1.82) is 0 Å². The van der Waals surface area contributed by atoms with E-state index in [1.807, 2.05) is 6.92 Å². The Kier molecular flexibility index (Phi) is 6.14. The minimum Gasteiger partial charge on any atom is -0.480 e. The molecule has 0 spiro atoms. The summed E-state index contributed by atoms with van der Waals surface area (Å²) in [6.07, 6.45) is 0.661. The Balaban J connectivity index is 2.74. The first-order valence-corrected chi connectivity index (χ1v) is 6.88. The minimum absolute atomic E-state index is 0.329. The number of carbonyl (C=O) groups excluding carboxylic acids is 1. The molecule has 1 atom stereocenters. The maximum Gasteiger partial charge on any atom is 0.323 e. The standard InChI is InChI=1S/C15H21FN2O3/c1-4-7-18(9-14(19)20)15(21)17-11(3)12-6-5-10(2)13(16)8-12/h5-6,8,11H,4,7,9H2,1-3H3,(H,17,21)(H,19,20). The molecule has 116 valence electrons. The average Bonchev–Trinajstić information content (AvgIpc) is 2.40. The summed E-state index contributed by atoms with van der Waals surface area (Å²) in [5.41, 5.74) is 1.17. The minimum atomic E-state index is -1.06. The van der Waals surface area contributed by atoms with E-state index in [0.29, 0.717) is 24.1 Å². The van der Waals surface area contributed by atoms with Crippen molar-refractivity contribution in [1.82, 2.24) is 10.2 Å². The smallest absolute Gasteiger partial charge is 0.323 e. The highest BCUT2D eigenvalue weighted by atomic mass is 19.1. The molecule has 0 heterocycles. The summed E-state index contributed by atoms with van der Waals surface area (Å²) in [5, 5.41) is 11.5. The largest absolute Gasteiger partial charge is 0.480 e. The van der Waals surface area contributed by atoms with Crippen LogP contribution in [-0.2, 0) is 4.79 Å². The van der Waals surface area contributed by atoms with Gasteiger partial charge in [-0.05, 0) is 37.5 Å². The molecular weight excluding hydrogens is 275 g/mol. The molecule has 0 aliphatic rings. The van der Waals surface area contributed by atoms with Gasteiger partial charge in [-0.15, -0.1) is 0 Å². The average molecular weight is 296 g/mol. The first-order valence-electron chi connectivity index (χ1n) is 6.88. The molecule has 0 fully saturated rings. The van der Waals surface area contributed by atoms with Gasteiger partial charge in [-0.1, -0.05) is 19.1 Å². The van der Waals surface area contributed by atoms with Crippen LogP contribution in [0.1, 0.15) is 37.4 Å². The van der Waals surface area contributed by atoms with Crippen LogP contribution in [0, 0.1) is 12.7 Å². The van der Waals surface area contributed by atoms with Crippen molar-refractivity contribution in [3.05, 3.63) is 35.1 Å². The molecule has 0 radical (unpaired) electrons. The Morgan fingerprint density at radius 2 is 2.10 bits per heavy atom. The monoisotopic (exact) mass is 296 g/mol. The maximum atomic E-state index is 13.5. The summed E-state index contributed by atoms with van der Waals surface area (Å²) >= 11 is 0. The summed E-state index contributed by atoms with van der Waals surface area (Å²) in [6, 6.07) is 3.90. The number of halogens is 1. The fourth-order valence-electron chi connectivity index (χ4n) is 1.92. The van der Waals surface area contributed by atoms with Gasteiger partial charge in [0.1, 0.15) is 12.4 Å². The Hall–Kier alpha value is -2.11. The Morgan fingerprint density at radius 3 is 2.62 bits per heavy atom. The molecule has 0 saturated carbocycles. The lowest BCUT2D eigenvalue weighted by atomic mass is 10.1. The predicted molar refractivity (Wildman–Crippen MR) is 77.6 cm³/mol. The maximum absolute atomic E-state index is 13.5. The zero-order chi connectivity index (χ0) is 16.0. The molecule has 0 aromatic heterocycles. The van der Waals surface area contributed by atoms with Crippen LogP contribution in [0.2, 0.25) is 0 Å². The van der Waals surface area contributed by atoms with E-state index in [1.165, 1.54) is 11.0 Å². The van der Waals surface area contributed by atoms with Crippen molar-refractivity contribution in [2.75, 3.05) is 13.1 Å². The third-order valence-corrected chi connectivity index (χ3v) is 3.14. The molecule has 1 unspecified atom stereocenters. The zero-order valence-electron chi connectivity index (χ0n) is 12.5. The van der Waals surface area contributed by atoms with Gasteiger partial charge in [-0.3, -0.25) is 4.79 Å². The Morgan fingerprint density at radius 1 is 1.43 bits per heavy atom. The van der Waals surface area contributed by atoms with Crippen LogP contribution in [0.3, 0.4) is 0 Å².